The van der Waals surface area contributed by atoms with Gasteiger partial charge >= 0.3 is 6.09 Å². The van der Waals surface area contributed by atoms with E-state index in [9.17, 15) is 9.18 Å². The number of hydrogen-bond donors (Lipinski definition) is 0. The van der Waals surface area contributed by atoms with Crippen molar-refractivity contribution in [3.8, 4) is 33.8 Å². The molecule has 1 fully saturated rings. The summed E-state index contributed by atoms with van der Waals surface area (Å²) in [4.78, 5) is 32.3. The Hall–Kier alpha value is -4.73. The molecule has 6 rings (SSSR count). The van der Waals surface area contributed by atoms with Crippen molar-refractivity contribution in [1.29, 1.82) is 0 Å². The maximum Gasteiger partial charge on any atom is 0.410 e. The number of nitrogens with zero attached hydrogens (tertiary/aromatic N) is 6. The van der Waals surface area contributed by atoms with Crippen molar-refractivity contribution >= 4 is 17.1 Å². The molecule has 0 atom stereocenters. The lowest BCUT2D eigenvalue weighted by Crippen LogP contribution is -2.41. The van der Waals surface area contributed by atoms with E-state index >= 15 is 0 Å². The lowest BCUT2D eigenvalue weighted by molar-refractivity contribution is 0.0198. The number of pyridine rings is 3. The van der Waals surface area contributed by atoms with Crippen molar-refractivity contribution in [3.63, 3.8) is 0 Å². The largest absolute Gasteiger partial charge is 0.444 e. The van der Waals surface area contributed by atoms with Crippen LogP contribution in [0.15, 0.2) is 71.6 Å². The van der Waals surface area contributed by atoms with Crippen molar-refractivity contribution in [1.82, 2.24) is 30.0 Å². The first-order valence-electron chi connectivity index (χ1n) is 13.5. The van der Waals surface area contributed by atoms with E-state index in [4.69, 9.17) is 9.26 Å². The molecular weight excluding hydrogens is 523 g/mol. The predicted molar refractivity (Wildman–Crippen MR) is 151 cm³/mol. The minimum absolute atomic E-state index is 0.0459. The van der Waals surface area contributed by atoms with Gasteiger partial charge < -0.3 is 14.2 Å². The van der Waals surface area contributed by atoms with Crippen LogP contribution in [-0.2, 0) is 4.74 Å². The van der Waals surface area contributed by atoms with Crippen molar-refractivity contribution in [2.24, 2.45) is 0 Å². The molecule has 1 aliphatic rings. The van der Waals surface area contributed by atoms with Gasteiger partial charge in [-0.25, -0.2) is 19.2 Å². The first-order valence-corrected chi connectivity index (χ1v) is 13.5. The van der Waals surface area contributed by atoms with Gasteiger partial charge in [0, 0.05) is 59.7 Å². The molecule has 4 aromatic heterocycles. The number of benzene rings is 1. The molecule has 0 aliphatic carbocycles. The normalized spacial score (nSPS) is 14.4. The first kappa shape index (κ1) is 26.5. The molecule has 9 nitrogen and oxygen atoms in total. The first-order chi connectivity index (χ1) is 19.7. The highest BCUT2D eigenvalue weighted by Crippen LogP contribution is 2.34. The van der Waals surface area contributed by atoms with Gasteiger partial charge in [-0.15, -0.1) is 0 Å². The molecule has 0 spiro atoms. The third-order valence-electron chi connectivity index (χ3n) is 6.98. The highest BCUT2D eigenvalue weighted by molar-refractivity contribution is 5.95. The second kappa shape index (κ2) is 10.7. The third kappa shape index (κ3) is 5.63. The summed E-state index contributed by atoms with van der Waals surface area (Å²) in [6.07, 6.45) is 6.19. The Morgan fingerprint density at radius 2 is 1.78 bits per heavy atom. The number of likely N-dealkylation sites (tertiary alicyclic amines) is 1. The smallest absolute Gasteiger partial charge is 0.410 e. The van der Waals surface area contributed by atoms with Gasteiger partial charge in [-0.1, -0.05) is 17.3 Å². The highest BCUT2D eigenvalue weighted by Gasteiger charge is 2.30. The van der Waals surface area contributed by atoms with E-state index < -0.39 is 5.60 Å². The van der Waals surface area contributed by atoms with Gasteiger partial charge in [0.1, 0.15) is 11.4 Å². The maximum absolute atomic E-state index is 14.7. The molecule has 5 heterocycles. The quantitative estimate of drug-likeness (QED) is 0.244. The van der Waals surface area contributed by atoms with Gasteiger partial charge in [-0.2, -0.15) is 4.98 Å². The van der Waals surface area contributed by atoms with Gasteiger partial charge in [0.25, 0.3) is 0 Å². The van der Waals surface area contributed by atoms with E-state index in [1.165, 1.54) is 6.07 Å². The molecule has 1 aromatic carbocycles. The minimum atomic E-state index is -0.531. The number of fused-ring (bicyclic) bond motifs is 1. The average Bonchev–Trinajstić information content (AvgIpc) is 3.47. The van der Waals surface area contributed by atoms with E-state index in [0.29, 0.717) is 60.1 Å². The fourth-order valence-corrected chi connectivity index (χ4v) is 4.97. The van der Waals surface area contributed by atoms with Crippen LogP contribution in [-0.4, -0.2) is 54.8 Å². The van der Waals surface area contributed by atoms with Crippen molar-refractivity contribution < 1.29 is 18.4 Å². The van der Waals surface area contributed by atoms with Crippen LogP contribution in [0.5, 0.6) is 0 Å². The number of ether oxygens (including phenoxy) is 1. The summed E-state index contributed by atoms with van der Waals surface area (Å²) in [5, 5.41) is 5.05. The summed E-state index contributed by atoms with van der Waals surface area (Å²) in [6, 6.07) is 14.1. The van der Waals surface area contributed by atoms with Crippen LogP contribution in [0.3, 0.4) is 0 Å². The monoisotopic (exact) mass is 552 g/mol. The summed E-state index contributed by atoms with van der Waals surface area (Å²) in [7, 11) is 0. The number of carbonyl (C=O) groups is 1. The average molecular weight is 553 g/mol. The fraction of sp³-hybridized carbons (Fsp3) is 0.290. The summed E-state index contributed by atoms with van der Waals surface area (Å²) in [5.41, 5.74) is 3.14. The zero-order valence-electron chi connectivity index (χ0n) is 23.0. The fourth-order valence-electron chi connectivity index (χ4n) is 4.97. The standard InChI is InChI=1S/C31H29FN6O3/c1-31(2,3)40-30(39)38-13-10-19(11-14-38)29-36-27(37-41-29)21-15-20(17-33-18-21)24-16-26(23-7-4-5-9-25(23)32)35-28-22(24)8-6-12-34-28/h4-9,12,15-19H,10-11,13-14H2,1-3H3. The molecule has 0 saturated carbocycles. The predicted octanol–water partition coefficient (Wildman–Crippen LogP) is 6.66. The molecule has 1 saturated heterocycles. The Morgan fingerprint density at radius 1 is 1.00 bits per heavy atom. The summed E-state index contributed by atoms with van der Waals surface area (Å²) in [6.45, 7) is 6.69. The van der Waals surface area contributed by atoms with E-state index in [1.807, 2.05) is 45.0 Å². The molecule has 1 amide bonds. The molecule has 1 aliphatic heterocycles. The Labute approximate surface area is 236 Å². The van der Waals surface area contributed by atoms with Gasteiger partial charge in [0.05, 0.1) is 5.69 Å². The van der Waals surface area contributed by atoms with E-state index in [-0.39, 0.29) is 17.8 Å². The third-order valence-corrected chi connectivity index (χ3v) is 6.98. The number of halogens is 1. The number of hydrogen-bond acceptors (Lipinski definition) is 8. The maximum atomic E-state index is 14.7. The van der Waals surface area contributed by atoms with Crippen molar-refractivity contribution in [2.45, 2.75) is 45.1 Å². The SMILES string of the molecule is CC(C)(C)OC(=O)N1CCC(c2nc(-c3cncc(-c4cc(-c5ccccc5F)nc5ncccc45)c3)no2)CC1. The van der Waals surface area contributed by atoms with Crippen LogP contribution in [0, 0.1) is 5.82 Å². The van der Waals surface area contributed by atoms with Crippen molar-refractivity contribution in [2.75, 3.05) is 13.1 Å². The van der Waals surface area contributed by atoms with E-state index in [2.05, 4.69) is 25.1 Å². The molecule has 0 N–H and O–H groups in total. The van der Waals surface area contributed by atoms with Crippen LogP contribution in [0.2, 0.25) is 0 Å². The molecule has 0 radical (unpaired) electrons. The molecule has 0 bridgehead atoms. The second-order valence-corrected chi connectivity index (χ2v) is 11.1. The molecular formula is C31H29FN6O3. The van der Waals surface area contributed by atoms with Gasteiger partial charge in [-0.3, -0.25) is 4.98 Å². The van der Waals surface area contributed by atoms with E-state index in [0.717, 1.165) is 16.5 Å². The Kier molecular flexibility index (Phi) is 6.90. The van der Waals surface area contributed by atoms with Crippen LogP contribution in [0.25, 0.3) is 44.8 Å². The lowest BCUT2D eigenvalue weighted by atomic mass is 9.97. The topological polar surface area (TPSA) is 107 Å². The Morgan fingerprint density at radius 3 is 2.56 bits per heavy atom. The van der Waals surface area contributed by atoms with Crippen LogP contribution < -0.4 is 0 Å². The molecule has 208 valence electrons. The lowest BCUT2D eigenvalue weighted by Gasteiger charge is -2.32. The number of amides is 1. The van der Waals surface area contributed by atoms with Crippen LogP contribution in [0.1, 0.15) is 45.4 Å². The summed E-state index contributed by atoms with van der Waals surface area (Å²) in [5.74, 6) is 0.651. The number of rotatable bonds is 4. The Bertz CT molecular complexity index is 1720. The summed E-state index contributed by atoms with van der Waals surface area (Å²) >= 11 is 0. The Balaban J connectivity index is 1.26. The van der Waals surface area contributed by atoms with E-state index in [1.54, 1.807) is 41.7 Å². The van der Waals surface area contributed by atoms with Gasteiger partial charge in [0.2, 0.25) is 11.7 Å². The number of piperidine rings is 1. The van der Waals surface area contributed by atoms with Gasteiger partial charge in [-0.05, 0) is 75.6 Å². The minimum Gasteiger partial charge on any atom is -0.444 e. The van der Waals surface area contributed by atoms with Crippen LogP contribution in [0.4, 0.5) is 9.18 Å². The van der Waals surface area contributed by atoms with Gasteiger partial charge in [0.15, 0.2) is 5.65 Å². The zero-order valence-corrected chi connectivity index (χ0v) is 23.0. The molecule has 5 aromatic rings. The molecule has 10 heteroatoms. The second-order valence-electron chi connectivity index (χ2n) is 11.1. The van der Waals surface area contributed by atoms with Crippen molar-refractivity contribution in [3.05, 3.63) is 78.8 Å². The van der Waals surface area contributed by atoms with Crippen LogP contribution >= 0.6 is 0 Å². The molecule has 41 heavy (non-hydrogen) atoms. The summed E-state index contributed by atoms with van der Waals surface area (Å²) < 4.78 is 25.8. The zero-order chi connectivity index (χ0) is 28.6. The highest BCUT2D eigenvalue weighted by atomic mass is 19.1. The molecule has 0 unspecified atom stereocenters. The number of aromatic nitrogens is 5. The number of carbonyl (C=O) groups excluding carboxylic acids is 1.